The van der Waals surface area contributed by atoms with E-state index in [0.717, 1.165) is 17.8 Å². The Labute approximate surface area is 105 Å². The highest BCUT2D eigenvalue weighted by Crippen LogP contribution is 2.28. The molecule has 0 radical (unpaired) electrons. The smallest absolute Gasteiger partial charge is 0.302 e. The van der Waals surface area contributed by atoms with E-state index in [1.54, 1.807) is 18.9 Å². The summed E-state index contributed by atoms with van der Waals surface area (Å²) in [6.45, 7) is 6.14. The van der Waals surface area contributed by atoms with Gasteiger partial charge in [0.1, 0.15) is 0 Å². The van der Waals surface area contributed by atoms with Crippen LogP contribution < -0.4 is 11.0 Å². The lowest BCUT2D eigenvalue weighted by Crippen LogP contribution is -2.37. The minimum Gasteiger partial charge on any atom is -0.302 e. The van der Waals surface area contributed by atoms with Crippen molar-refractivity contribution < 1.29 is 13.2 Å². The summed E-state index contributed by atoms with van der Waals surface area (Å²) >= 11 is 0. The van der Waals surface area contributed by atoms with E-state index in [0.29, 0.717) is 18.7 Å². The number of rotatable bonds is 4. The van der Waals surface area contributed by atoms with Gasteiger partial charge >= 0.3 is 6.18 Å². The number of nitrogens with zero attached hydrogens (tertiary/aromatic N) is 1. The van der Waals surface area contributed by atoms with E-state index in [2.05, 4.69) is 11.0 Å². The number of halogens is 3. The molecule has 0 atom stereocenters. The molecule has 0 aliphatic carbocycles. The first-order chi connectivity index (χ1) is 8.40. The van der Waals surface area contributed by atoms with Crippen molar-refractivity contribution in [3.8, 4) is 0 Å². The number of hydrazine groups is 2. The fourth-order valence-corrected chi connectivity index (χ4v) is 1.53. The van der Waals surface area contributed by atoms with Gasteiger partial charge in [-0.15, -0.1) is 5.53 Å². The second kappa shape index (κ2) is 5.95. The maximum Gasteiger partial charge on any atom is 0.416 e. The molecule has 0 aromatic rings. The van der Waals surface area contributed by atoms with Gasteiger partial charge in [-0.05, 0) is 26.3 Å². The van der Waals surface area contributed by atoms with Crippen LogP contribution in [0, 0.1) is 0 Å². The van der Waals surface area contributed by atoms with Gasteiger partial charge < -0.3 is 5.43 Å². The predicted octanol–water partition coefficient (Wildman–Crippen LogP) is 3.02. The van der Waals surface area contributed by atoms with Crippen LogP contribution in [0.15, 0.2) is 35.2 Å². The molecule has 0 amide bonds. The van der Waals surface area contributed by atoms with Gasteiger partial charge in [0.05, 0.1) is 17.0 Å². The van der Waals surface area contributed by atoms with E-state index >= 15 is 0 Å². The number of allylic oxidation sites excluding steroid dienone is 5. The van der Waals surface area contributed by atoms with E-state index in [9.17, 15) is 13.2 Å². The second-order valence-electron chi connectivity index (χ2n) is 3.89. The number of hydrogen-bond donors (Lipinski definition) is 2. The molecule has 0 saturated heterocycles. The largest absolute Gasteiger partial charge is 0.416 e. The average molecular weight is 261 g/mol. The van der Waals surface area contributed by atoms with E-state index in [4.69, 9.17) is 0 Å². The minimum absolute atomic E-state index is 0.435. The van der Waals surface area contributed by atoms with E-state index in [1.165, 1.54) is 6.08 Å². The Morgan fingerprint density at radius 1 is 1.33 bits per heavy atom. The van der Waals surface area contributed by atoms with Crippen LogP contribution in [-0.2, 0) is 0 Å². The molecule has 1 aliphatic heterocycles. The van der Waals surface area contributed by atoms with Crippen LogP contribution in [0.25, 0.3) is 0 Å². The van der Waals surface area contributed by atoms with Crippen LogP contribution in [0.3, 0.4) is 0 Å². The van der Waals surface area contributed by atoms with E-state index in [1.807, 2.05) is 6.92 Å². The Morgan fingerprint density at radius 2 is 2.00 bits per heavy atom. The third-order valence-corrected chi connectivity index (χ3v) is 2.60. The maximum atomic E-state index is 12.8. The molecule has 6 heteroatoms. The molecule has 0 fully saturated rings. The molecule has 2 N–H and O–H groups in total. The second-order valence-corrected chi connectivity index (χ2v) is 3.89. The van der Waals surface area contributed by atoms with Gasteiger partial charge in [-0.1, -0.05) is 19.1 Å². The Morgan fingerprint density at radius 3 is 2.44 bits per heavy atom. The molecule has 0 spiro atoms. The zero-order valence-electron chi connectivity index (χ0n) is 10.7. The van der Waals surface area contributed by atoms with Gasteiger partial charge in [0, 0.05) is 6.54 Å². The van der Waals surface area contributed by atoms with Crippen molar-refractivity contribution in [1.29, 1.82) is 0 Å². The topological polar surface area (TPSA) is 27.3 Å². The van der Waals surface area contributed by atoms with Crippen molar-refractivity contribution in [2.24, 2.45) is 0 Å². The average Bonchev–Trinajstić information content (AvgIpc) is 2.64. The van der Waals surface area contributed by atoms with Crippen LogP contribution in [0.4, 0.5) is 13.2 Å². The highest BCUT2D eigenvalue weighted by molar-refractivity contribution is 5.35. The summed E-state index contributed by atoms with van der Waals surface area (Å²) in [4.78, 5) is 0. The third-order valence-electron chi connectivity index (χ3n) is 2.60. The minimum atomic E-state index is -4.35. The van der Waals surface area contributed by atoms with Gasteiger partial charge in [0.25, 0.3) is 0 Å². The summed E-state index contributed by atoms with van der Waals surface area (Å²) in [5.41, 5.74) is 6.04. The molecule has 0 saturated carbocycles. The zero-order chi connectivity index (χ0) is 13.8. The molecule has 102 valence electrons. The van der Waals surface area contributed by atoms with Crippen LogP contribution in [0.1, 0.15) is 27.2 Å². The standard InChI is InChI=1S/C12H18F3N3/c1-4-6-7-10(12(13,14)15)8-11-9(3)18(5-2)17-16-11/h6-8,16-17H,4-5H2,1-3H3/b7-6-,10-8+. The SMILES string of the molecule is CC/C=C\C(=C/C1=C(C)N(CC)NN1)C(F)(F)F. The molecule has 1 aliphatic rings. The number of nitrogens with one attached hydrogen (secondary N) is 2. The Hall–Kier alpha value is -1.43. The van der Waals surface area contributed by atoms with E-state index in [-0.39, 0.29) is 0 Å². The van der Waals surface area contributed by atoms with Crippen LogP contribution in [0.2, 0.25) is 0 Å². The lowest BCUT2D eigenvalue weighted by atomic mass is 10.1. The molecule has 1 heterocycles. The first-order valence-electron chi connectivity index (χ1n) is 5.85. The van der Waals surface area contributed by atoms with Crippen molar-refractivity contribution in [3.63, 3.8) is 0 Å². The van der Waals surface area contributed by atoms with Crippen molar-refractivity contribution in [2.75, 3.05) is 6.54 Å². The summed E-state index contributed by atoms with van der Waals surface area (Å²) in [6.07, 6.45) is -0.0611. The van der Waals surface area contributed by atoms with Crippen molar-refractivity contribution >= 4 is 0 Å². The maximum absolute atomic E-state index is 12.8. The summed E-state index contributed by atoms with van der Waals surface area (Å²) in [5, 5.41) is 1.74. The molecular formula is C12H18F3N3. The summed E-state index contributed by atoms with van der Waals surface area (Å²) < 4.78 is 38.4. The Balaban J connectivity index is 3.03. The van der Waals surface area contributed by atoms with Gasteiger partial charge in [0.2, 0.25) is 0 Å². The summed E-state index contributed by atoms with van der Waals surface area (Å²) in [6, 6.07) is 0. The number of alkyl halides is 3. The lowest BCUT2D eigenvalue weighted by molar-refractivity contribution is -0.0882. The molecule has 0 aromatic heterocycles. The van der Waals surface area contributed by atoms with Crippen LogP contribution in [-0.4, -0.2) is 17.7 Å². The van der Waals surface area contributed by atoms with Gasteiger partial charge in [0.15, 0.2) is 0 Å². The van der Waals surface area contributed by atoms with Gasteiger partial charge in [-0.3, -0.25) is 5.01 Å². The Kier molecular flexibility index (Phi) is 4.84. The van der Waals surface area contributed by atoms with Crippen LogP contribution in [0.5, 0.6) is 0 Å². The molecule has 1 rings (SSSR count). The quantitative estimate of drug-likeness (QED) is 0.762. The summed E-state index contributed by atoms with van der Waals surface area (Å²) in [7, 11) is 0. The highest BCUT2D eigenvalue weighted by Gasteiger charge is 2.32. The molecule has 18 heavy (non-hydrogen) atoms. The first-order valence-corrected chi connectivity index (χ1v) is 5.85. The molecule has 0 unspecified atom stereocenters. The van der Waals surface area contributed by atoms with Gasteiger partial charge in [-0.2, -0.15) is 13.2 Å². The Bertz CT molecular complexity index is 381. The van der Waals surface area contributed by atoms with Crippen molar-refractivity contribution in [2.45, 2.75) is 33.4 Å². The fourth-order valence-electron chi connectivity index (χ4n) is 1.53. The number of hydrogen-bond acceptors (Lipinski definition) is 3. The monoisotopic (exact) mass is 261 g/mol. The zero-order valence-corrected chi connectivity index (χ0v) is 10.7. The third kappa shape index (κ3) is 3.53. The molecule has 0 aromatic carbocycles. The molecule has 3 nitrogen and oxygen atoms in total. The van der Waals surface area contributed by atoms with Gasteiger partial charge in [-0.25, -0.2) is 0 Å². The van der Waals surface area contributed by atoms with Crippen molar-refractivity contribution in [1.82, 2.24) is 16.0 Å². The predicted molar refractivity (Wildman–Crippen MR) is 64.9 cm³/mol. The highest BCUT2D eigenvalue weighted by atomic mass is 19.4. The fraction of sp³-hybridized carbons (Fsp3) is 0.500. The summed E-state index contributed by atoms with van der Waals surface area (Å²) in [5.74, 6) is 0. The van der Waals surface area contributed by atoms with E-state index < -0.39 is 11.7 Å². The van der Waals surface area contributed by atoms with Crippen LogP contribution >= 0.6 is 0 Å². The van der Waals surface area contributed by atoms with Crippen molar-refractivity contribution in [3.05, 3.63) is 35.2 Å². The molecule has 0 bridgehead atoms. The normalized spacial score (nSPS) is 17.9. The first kappa shape index (κ1) is 14.6. The molecular weight excluding hydrogens is 243 g/mol. The lowest BCUT2D eigenvalue weighted by Gasteiger charge is -2.15.